The molecule has 10 heavy (non-hydrogen) atoms. The number of hydrogen-bond acceptors (Lipinski definition) is 5. The fourth-order valence-electron chi connectivity index (χ4n) is 0.562. The summed E-state index contributed by atoms with van der Waals surface area (Å²) in [5.74, 6) is 0. The van der Waals surface area contributed by atoms with Gasteiger partial charge in [-0.1, -0.05) is 0 Å². The highest BCUT2D eigenvalue weighted by molar-refractivity contribution is 7.75. The molecule has 1 aliphatic rings. The van der Waals surface area contributed by atoms with Crippen molar-refractivity contribution < 1.29 is 8.42 Å². The van der Waals surface area contributed by atoms with E-state index in [1.54, 1.807) is 6.07 Å². The van der Waals surface area contributed by atoms with Crippen LogP contribution in [0.15, 0.2) is 5.10 Å². The molecule has 1 heterocycles. The van der Waals surface area contributed by atoms with Crippen molar-refractivity contribution in [3.8, 4) is 6.07 Å². The van der Waals surface area contributed by atoms with Gasteiger partial charge in [0.1, 0.15) is 10.9 Å². The second-order valence-electron chi connectivity index (χ2n) is 1.56. The predicted octanol–water partition coefficient (Wildman–Crippen LogP) is -1.48. The van der Waals surface area contributed by atoms with E-state index in [1.165, 1.54) is 0 Å². The molecule has 0 saturated carbocycles. The summed E-state index contributed by atoms with van der Waals surface area (Å²) in [4.78, 5) is 0.0301. The third-order valence-electron chi connectivity index (χ3n) is 1.00. The van der Waals surface area contributed by atoms with Gasteiger partial charge in [0, 0.05) is 0 Å². The first-order valence-electron chi connectivity index (χ1n) is 2.42. The zero-order valence-corrected chi connectivity index (χ0v) is 5.64. The van der Waals surface area contributed by atoms with E-state index in [4.69, 9.17) is 5.26 Å². The summed E-state index contributed by atoms with van der Waals surface area (Å²) in [6, 6.07) is 1.65. The summed E-state index contributed by atoms with van der Waals surface area (Å²) < 4.78 is 20.5. The van der Waals surface area contributed by atoms with E-state index < -0.39 is 10.3 Å². The van der Waals surface area contributed by atoms with Crippen molar-refractivity contribution in [2.75, 3.05) is 6.54 Å². The van der Waals surface area contributed by atoms with Crippen molar-refractivity contribution in [2.24, 2.45) is 5.10 Å². The lowest BCUT2D eigenvalue weighted by atomic mass is 10.3. The van der Waals surface area contributed by atoms with Crippen LogP contribution in [0.3, 0.4) is 0 Å². The van der Waals surface area contributed by atoms with Crippen LogP contribution in [0.5, 0.6) is 0 Å². The molecule has 0 fully saturated rings. The average molecular weight is 157 g/mol. The molecule has 5 nitrogen and oxygen atoms in total. The van der Waals surface area contributed by atoms with Gasteiger partial charge in [0.25, 0.3) is 0 Å². The van der Waals surface area contributed by atoms with Crippen molar-refractivity contribution in [3.63, 3.8) is 0 Å². The number of hydrogen-bond donors (Lipinski definition) is 1. The van der Waals surface area contributed by atoms with E-state index in [-0.39, 0.29) is 17.1 Å². The minimum atomic E-state index is -2.32. The van der Waals surface area contributed by atoms with Crippen LogP contribution in [0.2, 0.25) is 0 Å². The molecule has 52 valence electrons. The minimum Gasteiger partial charge on any atom is -0.303 e. The molecule has 1 rings (SSSR count). The molecule has 0 aromatic rings. The zero-order valence-electron chi connectivity index (χ0n) is 4.83. The first kappa shape index (κ1) is 6.77. The SMILES string of the molecule is N#CC1=NNCC1=S(=O)=O. The normalized spacial score (nSPS) is 15.5. The maximum atomic E-state index is 10.3. The highest BCUT2D eigenvalue weighted by Gasteiger charge is 2.15. The molecule has 0 atom stereocenters. The van der Waals surface area contributed by atoms with Crippen LogP contribution in [0.25, 0.3) is 0 Å². The molecular formula is C4H3N3O2S. The van der Waals surface area contributed by atoms with Crippen molar-refractivity contribution in [1.82, 2.24) is 5.43 Å². The Morgan fingerprint density at radius 1 is 1.70 bits per heavy atom. The van der Waals surface area contributed by atoms with Crippen LogP contribution in [-0.2, 0) is 10.3 Å². The predicted molar refractivity (Wildman–Crippen MR) is 35.0 cm³/mol. The molecule has 0 aliphatic carbocycles. The smallest absolute Gasteiger partial charge is 0.222 e. The summed E-state index contributed by atoms with van der Waals surface area (Å²) in [5.41, 5.74) is 2.34. The molecule has 1 N–H and O–H groups in total. The molecular weight excluding hydrogens is 154 g/mol. The molecule has 0 spiro atoms. The zero-order chi connectivity index (χ0) is 7.56. The van der Waals surface area contributed by atoms with Crippen molar-refractivity contribution in [1.29, 1.82) is 5.26 Å². The molecule has 1 aliphatic heterocycles. The van der Waals surface area contributed by atoms with Crippen LogP contribution in [0.1, 0.15) is 0 Å². The van der Waals surface area contributed by atoms with E-state index in [1.807, 2.05) is 0 Å². The van der Waals surface area contributed by atoms with Gasteiger partial charge in [-0.2, -0.15) is 18.8 Å². The standard InChI is InChI=1S/C4H3N3O2S/c5-1-3-4(10(8)9)2-6-7-3/h6H,2H2. The van der Waals surface area contributed by atoms with Gasteiger partial charge in [0.15, 0.2) is 5.71 Å². The van der Waals surface area contributed by atoms with Gasteiger partial charge in [-0.25, -0.2) is 0 Å². The Balaban J connectivity index is 3.21. The van der Waals surface area contributed by atoms with Crippen LogP contribution < -0.4 is 5.43 Å². The Hall–Kier alpha value is -1.35. The lowest BCUT2D eigenvalue weighted by Crippen LogP contribution is -2.14. The van der Waals surface area contributed by atoms with Gasteiger partial charge in [-0.3, -0.25) is 0 Å². The second kappa shape index (κ2) is 2.49. The van der Waals surface area contributed by atoms with Crippen LogP contribution in [0, 0.1) is 11.3 Å². The van der Waals surface area contributed by atoms with Crippen LogP contribution >= 0.6 is 0 Å². The quantitative estimate of drug-likeness (QED) is 0.435. The number of hydrazone groups is 1. The van der Waals surface area contributed by atoms with Crippen molar-refractivity contribution >= 4 is 20.9 Å². The molecule has 0 radical (unpaired) electrons. The van der Waals surface area contributed by atoms with E-state index >= 15 is 0 Å². The molecule has 0 unspecified atom stereocenters. The minimum absolute atomic E-state index is 0.0301. The fraction of sp³-hybridized carbons (Fsp3) is 0.250. The summed E-state index contributed by atoms with van der Waals surface area (Å²) in [6.07, 6.45) is 0. The van der Waals surface area contributed by atoms with E-state index in [9.17, 15) is 8.42 Å². The highest BCUT2D eigenvalue weighted by atomic mass is 32.2. The molecule has 0 saturated heterocycles. The van der Waals surface area contributed by atoms with E-state index in [0.717, 1.165) is 0 Å². The molecule has 6 heteroatoms. The largest absolute Gasteiger partial charge is 0.303 e. The molecule has 0 bridgehead atoms. The first-order chi connectivity index (χ1) is 4.75. The Morgan fingerprint density at radius 3 is 2.80 bits per heavy atom. The molecule has 0 aromatic heterocycles. The van der Waals surface area contributed by atoms with Gasteiger partial charge in [0.2, 0.25) is 10.3 Å². The van der Waals surface area contributed by atoms with Gasteiger partial charge < -0.3 is 5.43 Å². The number of rotatable bonds is 0. The molecule has 0 amide bonds. The Bertz CT molecular complexity index is 337. The fourth-order valence-corrected chi connectivity index (χ4v) is 0.993. The van der Waals surface area contributed by atoms with Crippen LogP contribution in [-0.4, -0.2) is 25.5 Å². The monoisotopic (exact) mass is 157 g/mol. The summed E-state index contributed by atoms with van der Waals surface area (Å²) in [5, 5.41) is 11.7. The highest BCUT2D eigenvalue weighted by Crippen LogP contribution is 1.87. The number of nitriles is 1. The summed E-state index contributed by atoms with van der Waals surface area (Å²) >= 11 is 0. The van der Waals surface area contributed by atoms with Gasteiger partial charge >= 0.3 is 0 Å². The van der Waals surface area contributed by atoms with Crippen molar-refractivity contribution in [3.05, 3.63) is 0 Å². The van der Waals surface area contributed by atoms with Gasteiger partial charge in [-0.15, -0.1) is 0 Å². The third-order valence-corrected chi connectivity index (χ3v) is 1.74. The maximum absolute atomic E-state index is 10.3. The second-order valence-corrected chi connectivity index (χ2v) is 2.53. The summed E-state index contributed by atoms with van der Waals surface area (Å²) in [6.45, 7) is 0.124. The average Bonchev–Trinajstić information content (AvgIpc) is 2.33. The Morgan fingerprint density at radius 2 is 2.40 bits per heavy atom. The van der Waals surface area contributed by atoms with Gasteiger partial charge in [0.05, 0.1) is 6.54 Å². The third kappa shape index (κ3) is 0.989. The van der Waals surface area contributed by atoms with E-state index in [2.05, 4.69) is 10.5 Å². The Labute approximate surface area is 58.5 Å². The van der Waals surface area contributed by atoms with E-state index in [0.29, 0.717) is 0 Å². The maximum Gasteiger partial charge on any atom is 0.222 e. The lowest BCUT2D eigenvalue weighted by Gasteiger charge is -1.79. The van der Waals surface area contributed by atoms with Gasteiger partial charge in [-0.05, 0) is 0 Å². The topological polar surface area (TPSA) is 82.3 Å². The Kier molecular flexibility index (Phi) is 1.69. The summed E-state index contributed by atoms with van der Waals surface area (Å²) in [7, 11) is -2.32. The van der Waals surface area contributed by atoms with Crippen molar-refractivity contribution in [2.45, 2.75) is 0 Å². The number of nitrogens with zero attached hydrogens (tertiary/aromatic N) is 2. The number of nitrogens with one attached hydrogen (secondary N) is 1. The van der Waals surface area contributed by atoms with Crippen LogP contribution in [0.4, 0.5) is 0 Å². The lowest BCUT2D eigenvalue weighted by molar-refractivity contribution is 0.627. The molecule has 0 aromatic carbocycles. The first-order valence-corrected chi connectivity index (χ1v) is 3.49.